The average molecular weight is 396 g/mol. The first-order valence-electron chi connectivity index (χ1n) is 9.16. The summed E-state index contributed by atoms with van der Waals surface area (Å²) < 4.78 is 5.51. The normalized spacial score (nSPS) is 25.7. The summed E-state index contributed by atoms with van der Waals surface area (Å²) >= 11 is 6.13. The first-order chi connectivity index (χ1) is 12.8. The molecular weight excluding hydrogens is 370 g/mol. The van der Waals surface area contributed by atoms with Crippen LogP contribution in [0.3, 0.4) is 0 Å². The molecule has 1 aromatic rings. The Morgan fingerprint density at radius 2 is 2.07 bits per heavy atom. The van der Waals surface area contributed by atoms with E-state index in [1.54, 1.807) is 19.1 Å². The molecular formula is C19H26ClN3O4. The number of hydrogen-bond acceptors (Lipinski definition) is 5. The van der Waals surface area contributed by atoms with Gasteiger partial charge in [0.2, 0.25) is 5.91 Å². The topological polar surface area (TPSA) is 96.1 Å². The number of ether oxygens (including phenoxy) is 1. The highest BCUT2D eigenvalue weighted by atomic mass is 35.5. The molecule has 148 valence electrons. The van der Waals surface area contributed by atoms with Crippen LogP contribution in [0.1, 0.15) is 25.3 Å². The van der Waals surface area contributed by atoms with Crippen molar-refractivity contribution in [3.63, 3.8) is 0 Å². The lowest BCUT2D eigenvalue weighted by molar-refractivity contribution is -0.145. The highest BCUT2D eigenvalue weighted by Crippen LogP contribution is 2.36. The standard InChI is InChI=1S/C19H26ClN3O4/c1-13(24)23-7-5-19(26)4-6-22(10-15(19)11-23)9-14-8-16(20)2-3-17(14)27-12-18(21)25/h2-3,8,15,26H,4-7,9-12H2,1H3,(H2,21,25)/t15-,19-/m0/s1. The summed E-state index contributed by atoms with van der Waals surface area (Å²) in [6, 6.07) is 5.27. The fraction of sp³-hybridized carbons (Fsp3) is 0.579. The Morgan fingerprint density at radius 1 is 1.33 bits per heavy atom. The van der Waals surface area contributed by atoms with Crippen LogP contribution in [-0.2, 0) is 16.1 Å². The van der Waals surface area contributed by atoms with Gasteiger partial charge in [0.25, 0.3) is 5.91 Å². The van der Waals surface area contributed by atoms with Gasteiger partial charge >= 0.3 is 0 Å². The van der Waals surface area contributed by atoms with E-state index in [-0.39, 0.29) is 18.4 Å². The number of rotatable bonds is 5. The van der Waals surface area contributed by atoms with E-state index in [1.165, 1.54) is 0 Å². The zero-order chi connectivity index (χ0) is 19.6. The lowest BCUT2D eigenvalue weighted by Crippen LogP contribution is -2.60. The molecule has 0 aromatic heterocycles. The van der Waals surface area contributed by atoms with E-state index in [0.717, 1.165) is 12.1 Å². The molecule has 7 nitrogen and oxygen atoms in total. The molecule has 2 aliphatic rings. The summed E-state index contributed by atoms with van der Waals surface area (Å²) in [4.78, 5) is 26.8. The number of carbonyl (C=O) groups is 2. The molecule has 2 heterocycles. The van der Waals surface area contributed by atoms with Gasteiger partial charge in [-0.2, -0.15) is 0 Å². The quantitative estimate of drug-likeness (QED) is 0.775. The summed E-state index contributed by atoms with van der Waals surface area (Å²) in [5.74, 6) is 0.0998. The maximum Gasteiger partial charge on any atom is 0.255 e. The first-order valence-corrected chi connectivity index (χ1v) is 9.54. The molecule has 27 heavy (non-hydrogen) atoms. The molecule has 1 aromatic carbocycles. The second-order valence-corrected chi connectivity index (χ2v) is 7.94. The number of fused-ring (bicyclic) bond motifs is 1. The molecule has 3 N–H and O–H groups in total. The van der Waals surface area contributed by atoms with Crippen LogP contribution in [0.4, 0.5) is 0 Å². The smallest absolute Gasteiger partial charge is 0.255 e. The van der Waals surface area contributed by atoms with Crippen molar-refractivity contribution in [1.29, 1.82) is 0 Å². The summed E-state index contributed by atoms with van der Waals surface area (Å²) in [5, 5.41) is 11.5. The van der Waals surface area contributed by atoms with Gasteiger partial charge in [0, 0.05) is 56.2 Å². The molecule has 0 aliphatic carbocycles. The van der Waals surface area contributed by atoms with Crippen molar-refractivity contribution < 1.29 is 19.4 Å². The average Bonchev–Trinajstić information content (AvgIpc) is 2.60. The number of hydrogen-bond donors (Lipinski definition) is 2. The van der Waals surface area contributed by atoms with Crippen LogP contribution >= 0.6 is 11.6 Å². The van der Waals surface area contributed by atoms with E-state index >= 15 is 0 Å². The van der Waals surface area contributed by atoms with Gasteiger partial charge in [-0.05, 0) is 31.0 Å². The Hall–Kier alpha value is -1.83. The molecule has 0 spiro atoms. The highest BCUT2D eigenvalue weighted by Gasteiger charge is 2.45. The molecule has 8 heteroatoms. The van der Waals surface area contributed by atoms with Crippen molar-refractivity contribution in [3.05, 3.63) is 28.8 Å². The Labute approximate surface area is 164 Å². The predicted octanol–water partition coefficient (Wildman–Crippen LogP) is 1.01. The molecule has 3 rings (SSSR count). The third-order valence-electron chi connectivity index (χ3n) is 5.59. The lowest BCUT2D eigenvalue weighted by Gasteiger charge is -2.50. The van der Waals surface area contributed by atoms with E-state index < -0.39 is 11.5 Å². The number of likely N-dealkylation sites (tertiary alicyclic amines) is 2. The minimum Gasteiger partial charge on any atom is -0.483 e. The summed E-state index contributed by atoms with van der Waals surface area (Å²) in [6.45, 7) is 4.58. The van der Waals surface area contributed by atoms with Gasteiger partial charge in [-0.3, -0.25) is 14.5 Å². The van der Waals surface area contributed by atoms with Gasteiger partial charge in [-0.25, -0.2) is 0 Å². The fourth-order valence-corrected chi connectivity index (χ4v) is 4.20. The van der Waals surface area contributed by atoms with Gasteiger partial charge in [0.1, 0.15) is 5.75 Å². The van der Waals surface area contributed by atoms with Crippen LogP contribution in [0, 0.1) is 5.92 Å². The number of halogens is 1. The first kappa shape index (κ1) is 19.9. The number of nitrogens with zero attached hydrogens (tertiary/aromatic N) is 2. The molecule has 0 unspecified atom stereocenters. The molecule has 2 aliphatic heterocycles. The molecule has 2 saturated heterocycles. The molecule has 0 bridgehead atoms. The zero-order valence-corrected chi connectivity index (χ0v) is 16.2. The monoisotopic (exact) mass is 395 g/mol. The van der Waals surface area contributed by atoms with Crippen LogP contribution < -0.4 is 10.5 Å². The van der Waals surface area contributed by atoms with Crippen molar-refractivity contribution in [2.45, 2.75) is 31.9 Å². The molecule has 2 amide bonds. The predicted molar refractivity (Wildman–Crippen MR) is 101 cm³/mol. The van der Waals surface area contributed by atoms with E-state index in [1.807, 2.05) is 11.0 Å². The van der Waals surface area contributed by atoms with Gasteiger partial charge in [-0.15, -0.1) is 0 Å². The van der Waals surface area contributed by atoms with E-state index in [2.05, 4.69) is 4.90 Å². The van der Waals surface area contributed by atoms with Crippen LogP contribution in [0.25, 0.3) is 0 Å². The maximum atomic E-state index is 11.7. The Bertz CT molecular complexity index is 729. The van der Waals surface area contributed by atoms with Crippen molar-refractivity contribution in [2.24, 2.45) is 11.7 Å². The van der Waals surface area contributed by atoms with Crippen LogP contribution in [0.2, 0.25) is 5.02 Å². The van der Waals surface area contributed by atoms with Gasteiger partial charge in [0.05, 0.1) is 5.60 Å². The third kappa shape index (κ3) is 4.72. The van der Waals surface area contributed by atoms with Crippen LogP contribution in [-0.4, -0.2) is 65.1 Å². The number of primary amides is 1. The van der Waals surface area contributed by atoms with Crippen molar-refractivity contribution >= 4 is 23.4 Å². The lowest BCUT2D eigenvalue weighted by atomic mass is 9.75. The molecule has 0 radical (unpaired) electrons. The van der Waals surface area contributed by atoms with Gasteiger partial charge in [0.15, 0.2) is 6.61 Å². The van der Waals surface area contributed by atoms with E-state index in [0.29, 0.717) is 49.8 Å². The van der Waals surface area contributed by atoms with Crippen LogP contribution in [0.15, 0.2) is 18.2 Å². The number of nitrogens with two attached hydrogens (primary N) is 1. The third-order valence-corrected chi connectivity index (χ3v) is 5.82. The molecule has 0 saturated carbocycles. The number of carbonyl (C=O) groups excluding carboxylic acids is 2. The Morgan fingerprint density at radius 3 is 2.78 bits per heavy atom. The fourth-order valence-electron chi connectivity index (χ4n) is 4.00. The van der Waals surface area contributed by atoms with Crippen molar-refractivity contribution in [1.82, 2.24) is 9.80 Å². The Balaban J connectivity index is 1.70. The van der Waals surface area contributed by atoms with E-state index in [4.69, 9.17) is 22.1 Å². The van der Waals surface area contributed by atoms with Gasteiger partial charge < -0.3 is 20.5 Å². The van der Waals surface area contributed by atoms with Crippen LogP contribution in [0.5, 0.6) is 5.75 Å². The number of piperidine rings is 2. The zero-order valence-electron chi connectivity index (χ0n) is 15.5. The maximum absolute atomic E-state index is 11.7. The number of benzene rings is 1. The minimum absolute atomic E-state index is 0.0121. The Kier molecular flexibility index (Phi) is 5.93. The van der Waals surface area contributed by atoms with Crippen molar-refractivity contribution in [3.8, 4) is 5.75 Å². The molecule has 2 atom stereocenters. The van der Waals surface area contributed by atoms with E-state index in [9.17, 15) is 14.7 Å². The SMILES string of the molecule is CC(=O)N1CC[C@@]2(O)CCN(Cc3cc(Cl)ccc3OCC(N)=O)C[C@H]2C1. The summed E-state index contributed by atoms with van der Waals surface area (Å²) in [6.07, 6.45) is 1.29. The van der Waals surface area contributed by atoms with Crippen molar-refractivity contribution in [2.75, 3.05) is 32.8 Å². The molecule has 2 fully saturated rings. The second kappa shape index (κ2) is 8.04. The number of aliphatic hydroxyl groups is 1. The summed E-state index contributed by atoms with van der Waals surface area (Å²) in [5.41, 5.74) is 5.33. The largest absolute Gasteiger partial charge is 0.483 e. The highest BCUT2D eigenvalue weighted by molar-refractivity contribution is 6.30. The minimum atomic E-state index is -0.706. The second-order valence-electron chi connectivity index (χ2n) is 7.51. The van der Waals surface area contributed by atoms with Gasteiger partial charge in [-0.1, -0.05) is 11.6 Å². The number of amides is 2. The summed E-state index contributed by atoms with van der Waals surface area (Å²) in [7, 11) is 0.